The second-order valence-electron chi connectivity index (χ2n) is 8.36. The number of carbonyl (C=O) groups excluding carboxylic acids is 1. The third-order valence-electron chi connectivity index (χ3n) is 6.70. The normalized spacial score (nSPS) is 19.8. The number of hydrogen-bond acceptors (Lipinski definition) is 4. The van der Waals surface area contributed by atoms with E-state index in [1.54, 1.807) is 6.20 Å². The monoisotopic (exact) mass is 376 g/mol. The van der Waals surface area contributed by atoms with Crippen LogP contribution in [0.4, 0.5) is 5.82 Å². The number of aromatic nitrogens is 1. The van der Waals surface area contributed by atoms with Crippen LogP contribution in [0.15, 0.2) is 30.5 Å². The van der Waals surface area contributed by atoms with Crippen molar-refractivity contribution in [1.82, 2.24) is 14.8 Å². The van der Waals surface area contributed by atoms with Gasteiger partial charge in [0.15, 0.2) is 0 Å². The highest BCUT2D eigenvalue weighted by Crippen LogP contribution is 2.29. The van der Waals surface area contributed by atoms with Crippen molar-refractivity contribution in [2.75, 3.05) is 25.5 Å². The molecule has 5 rings (SSSR count). The fraction of sp³-hybridized carbons (Fsp3) is 0.478. The van der Waals surface area contributed by atoms with Gasteiger partial charge in [0.2, 0.25) is 0 Å². The summed E-state index contributed by atoms with van der Waals surface area (Å²) in [5, 5.41) is 3.05. The number of nitrogens with one attached hydrogen (secondary N) is 1. The van der Waals surface area contributed by atoms with Crippen molar-refractivity contribution in [2.45, 2.75) is 51.2 Å². The molecule has 0 unspecified atom stereocenters. The molecule has 0 saturated heterocycles. The summed E-state index contributed by atoms with van der Waals surface area (Å²) in [4.78, 5) is 21.7. The highest BCUT2D eigenvalue weighted by molar-refractivity contribution is 5.98. The van der Waals surface area contributed by atoms with E-state index in [0.717, 1.165) is 35.8 Å². The lowest BCUT2D eigenvalue weighted by Gasteiger charge is -2.36. The standard InChI is InChI=1S/C23H28N4O/c1-24-22-12-19-15-27(23(28)21(19)13-25-22)14-16-5-6-17-7-9-26(20-3-2-4-20)10-8-18(17)11-16/h5-6,11-13,20H,2-4,7-10,14-15H2,1H3,(H,24,25). The molecule has 28 heavy (non-hydrogen) atoms. The summed E-state index contributed by atoms with van der Waals surface area (Å²) < 4.78 is 0. The lowest BCUT2D eigenvalue weighted by atomic mass is 9.91. The maximum atomic E-state index is 12.8. The number of carbonyl (C=O) groups is 1. The summed E-state index contributed by atoms with van der Waals surface area (Å²) in [5.74, 6) is 0.908. The Kier molecular flexibility index (Phi) is 4.55. The van der Waals surface area contributed by atoms with Gasteiger partial charge in [0.05, 0.1) is 5.56 Å². The van der Waals surface area contributed by atoms with Gasteiger partial charge in [-0.15, -0.1) is 0 Å². The van der Waals surface area contributed by atoms with E-state index in [4.69, 9.17) is 0 Å². The van der Waals surface area contributed by atoms with Crippen molar-refractivity contribution in [3.63, 3.8) is 0 Å². The van der Waals surface area contributed by atoms with Gasteiger partial charge in [0.25, 0.3) is 5.91 Å². The predicted molar refractivity (Wildman–Crippen MR) is 110 cm³/mol. The average Bonchev–Trinajstić information content (AvgIpc) is 2.84. The molecule has 1 amide bonds. The van der Waals surface area contributed by atoms with Crippen LogP contribution in [0.1, 0.15) is 51.9 Å². The molecular formula is C23H28N4O. The molecule has 1 fully saturated rings. The zero-order valence-electron chi connectivity index (χ0n) is 16.6. The van der Waals surface area contributed by atoms with Gasteiger partial charge in [-0.3, -0.25) is 9.69 Å². The van der Waals surface area contributed by atoms with Crippen LogP contribution in [-0.2, 0) is 25.9 Å². The summed E-state index contributed by atoms with van der Waals surface area (Å²) in [7, 11) is 1.85. The van der Waals surface area contributed by atoms with Crippen molar-refractivity contribution in [1.29, 1.82) is 0 Å². The fourth-order valence-electron chi connectivity index (χ4n) is 4.76. The SMILES string of the molecule is CNc1cc2c(cn1)C(=O)N(Cc1ccc3c(c1)CCN(C1CCC1)CC3)C2. The summed E-state index contributed by atoms with van der Waals surface area (Å²) in [5.41, 5.74) is 6.01. The quantitative estimate of drug-likeness (QED) is 0.890. The number of pyridine rings is 1. The second kappa shape index (κ2) is 7.21. The van der Waals surface area contributed by atoms with Crippen LogP contribution in [0.2, 0.25) is 0 Å². The summed E-state index contributed by atoms with van der Waals surface area (Å²) in [6, 6.07) is 9.66. The maximum Gasteiger partial charge on any atom is 0.256 e. The Morgan fingerprint density at radius 3 is 2.68 bits per heavy atom. The highest BCUT2D eigenvalue weighted by atomic mass is 16.2. The number of nitrogens with zero attached hydrogens (tertiary/aromatic N) is 3. The zero-order chi connectivity index (χ0) is 19.1. The van der Waals surface area contributed by atoms with E-state index in [-0.39, 0.29) is 5.91 Å². The Balaban J connectivity index is 1.29. The number of rotatable bonds is 4. The molecule has 2 aromatic rings. The molecule has 3 aliphatic rings. The number of anilines is 1. The largest absolute Gasteiger partial charge is 0.373 e. The maximum absolute atomic E-state index is 12.8. The number of amides is 1. The van der Waals surface area contributed by atoms with Crippen molar-refractivity contribution in [3.8, 4) is 0 Å². The zero-order valence-corrected chi connectivity index (χ0v) is 16.6. The minimum Gasteiger partial charge on any atom is -0.373 e. The van der Waals surface area contributed by atoms with Crippen molar-refractivity contribution in [2.24, 2.45) is 0 Å². The summed E-state index contributed by atoms with van der Waals surface area (Å²) >= 11 is 0. The van der Waals surface area contributed by atoms with Gasteiger partial charge >= 0.3 is 0 Å². The molecule has 1 aromatic heterocycles. The summed E-state index contributed by atoms with van der Waals surface area (Å²) in [6.07, 6.45) is 8.14. The Morgan fingerprint density at radius 2 is 1.93 bits per heavy atom. The van der Waals surface area contributed by atoms with Gasteiger partial charge in [-0.25, -0.2) is 4.98 Å². The highest BCUT2D eigenvalue weighted by Gasteiger charge is 2.29. The number of benzene rings is 1. The first-order valence-corrected chi connectivity index (χ1v) is 10.5. The van der Waals surface area contributed by atoms with Gasteiger partial charge in [0, 0.05) is 45.5 Å². The van der Waals surface area contributed by atoms with Crippen LogP contribution < -0.4 is 5.32 Å². The molecule has 1 aliphatic carbocycles. The van der Waals surface area contributed by atoms with Crippen molar-refractivity contribution < 1.29 is 4.79 Å². The van der Waals surface area contributed by atoms with E-state index in [9.17, 15) is 4.79 Å². The van der Waals surface area contributed by atoms with Gasteiger partial charge in [-0.05, 0) is 54.0 Å². The van der Waals surface area contributed by atoms with Crippen LogP contribution in [0.5, 0.6) is 0 Å². The number of hydrogen-bond donors (Lipinski definition) is 1. The molecule has 0 radical (unpaired) electrons. The molecule has 3 heterocycles. The Bertz CT molecular complexity index is 905. The van der Waals surface area contributed by atoms with Gasteiger partial charge in [-0.1, -0.05) is 24.6 Å². The minimum atomic E-state index is 0.0938. The topological polar surface area (TPSA) is 48.5 Å². The molecule has 0 spiro atoms. The third kappa shape index (κ3) is 3.18. The number of fused-ring (bicyclic) bond motifs is 2. The Morgan fingerprint density at radius 1 is 1.11 bits per heavy atom. The lowest BCUT2D eigenvalue weighted by Crippen LogP contribution is -2.41. The van der Waals surface area contributed by atoms with Crippen LogP contribution >= 0.6 is 0 Å². The van der Waals surface area contributed by atoms with Crippen LogP contribution in [0.3, 0.4) is 0 Å². The third-order valence-corrected chi connectivity index (χ3v) is 6.70. The molecule has 146 valence electrons. The van der Waals surface area contributed by atoms with Gasteiger partial charge < -0.3 is 10.2 Å². The molecule has 5 nitrogen and oxygen atoms in total. The van der Waals surface area contributed by atoms with Crippen LogP contribution in [0.25, 0.3) is 0 Å². The van der Waals surface area contributed by atoms with E-state index in [1.807, 2.05) is 18.0 Å². The summed E-state index contributed by atoms with van der Waals surface area (Å²) in [6.45, 7) is 3.70. The van der Waals surface area contributed by atoms with E-state index in [0.29, 0.717) is 13.1 Å². The molecule has 5 heteroatoms. The first kappa shape index (κ1) is 17.7. The molecule has 0 atom stereocenters. The molecule has 1 saturated carbocycles. The van der Waals surface area contributed by atoms with Crippen molar-refractivity contribution in [3.05, 3.63) is 58.3 Å². The average molecular weight is 377 g/mol. The Labute approximate surface area is 166 Å². The van der Waals surface area contributed by atoms with E-state index >= 15 is 0 Å². The Hall–Kier alpha value is -2.40. The first-order chi connectivity index (χ1) is 13.7. The fourth-order valence-corrected chi connectivity index (χ4v) is 4.76. The minimum absolute atomic E-state index is 0.0938. The smallest absolute Gasteiger partial charge is 0.256 e. The van der Waals surface area contributed by atoms with Crippen LogP contribution in [-0.4, -0.2) is 46.9 Å². The second-order valence-corrected chi connectivity index (χ2v) is 8.36. The van der Waals surface area contributed by atoms with E-state index < -0.39 is 0 Å². The van der Waals surface area contributed by atoms with Gasteiger partial charge in [0.1, 0.15) is 5.82 Å². The molecular weight excluding hydrogens is 348 g/mol. The van der Waals surface area contributed by atoms with E-state index in [1.165, 1.54) is 49.0 Å². The van der Waals surface area contributed by atoms with Crippen molar-refractivity contribution >= 4 is 11.7 Å². The molecule has 2 aliphatic heterocycles. The molecule has 0 bridgehead atoms. The van der Waals surface area contributed by atoms with E-state index in [2.05, 4.69) is 33.4 Å². The van der Waals surface area contributed by atoms with Gasteiger partial charge in [-0.2, -0.15) is 0 Å². The lowest BCUT2D eigenvalue weighted by molar-refractivity contribution is 0.0766. The first-order valence-electron chi connectivity index (χ1n) is 10.5. The predicted octanol–water partition coefficient (Wildman–Crippen LogP) is 3.23. The molecule has 1 aromatic carbocycles. The van der Waals surface area contributed by atoms with Crippen LogP contribution in [0, 0.1) is 0 Å². The molecule has 1 N–H and O–H groups in total.